The predicted molar refractivity (Wildman–Crippen MR) is 66.0 cm³/mol. The van der Waals surface area contributed by atoms with E-state index in [1.165, 1.54) is 0 Å². The van der Waals surface area contributed by atoms with E-state index >= 15 is 0 Å². The lowest BCUT2D eigenvalue weighted by Crippen LogP contribution is -1.96. The summed E-state index contributed by atoms with van der Waals surface area (Å²) in [6, 6.07) is 5.34. The zero-order chi connectivity index (χ0) is 12.1. The van der Waals surface area contributed by atoms with E-state index in [0.717, 1.165) is 10.0 Å². The largest absolute Gasteiger partial charge is 0.496 e. The van der Waals surface area contributed by atoms with Gasteiger partial charge in [-0.05, 0) is 33.6 Å². The predicted octanol–water partition coefficient (Wildman–Crippen LogP) is 3.49. The van der Waals surface area contributed by atoms with Crippen molar-refractivity contribution < 1.29 is 9.66 Å². The van der Waals surface area contributed by atoms with Gasteiger partial charge in [0.1, 0.15) is 5.75 Å². The van der Waals surface area contributed by atoms with Gasteiger partial charge in [0.05, 0.1) is 16.5 Å². The Morgan fingerprint density at radius 3 is 2.75 bits per heavy atom. The topological polar surface area (TPSA) is 52.4 Å². The van der Waals surface area contributed by atoms with Crippen LogP contribution in [0.5, 0.6) is 5.75 Å². The molecule has 1 rings (SSSR count). The molecule has 0 aliphatic carbocycles. The van der Waals surface area contributed by atoms with Crippen LogP contribution in [0, 0.1) is 10.1 Å². The maximum Gasteiger partial charge on any atom is 0.246 e. The Morgan fingerprint density at radius 2 is 2.31 bits per heavy atom. The molecule has 86 valence electrons. The van der Waals surface area contributed by atoms with Gasteiger partial charge in [-0.2, -0.15) is 0 Å². The van der Waals surface area contributed by atoms with Gasteiger partial charge >= 0.3 is 0 Å². The quantitative estimate of drug-likeness (QED) is 0.629. The SMILES string of the molecule is CCC(=Cc1ccc(OC)c(Br)c1)[N+](=O)[O-]. The van der Waals surface area contributed by atoms with E-state index in [4.69, 9.17) is 4.74 Å². The molecule has 0 fully saturated rings. The van der Waals surface area contributed by atoms with E-state index in [2.05, 4.69) is 15.9 Å². The summed E-state index contributed by atoms with van der Waals surface area (Å²) in [6.45, 7) is 1.76. The zero-order valence-corrected chi connectivity index (χ0v) is 10.7. The number of methoxy groups -OCH3 is 1. The number of halogens is 1. The fourth-order valence-corrected chi connectivity index (χ4v) is 1.81. The molecule has 0 spiro atoms. The minimum atomic E-state index is -0.363. The van der Waals surface area contributed by atoms with Crippen molar-refractivity contribution in [1.82, 2.24) is 0 Å². The fraction of sp³-hybridized carbons (Fsp3) is 0.273. The summed E-state index contributed by atoms with van der Waals surface area (Å²) in [5.74, 6) is 0.705. The highest BCUT2D eigenvalue weighted by atomic mass is 79.9. The van der Waals surface area contributed by atoms with Gasteiger partial charge in [0.15, 0.2) is 0 Å². The molecule has 0 N–H and O–H groups in total. The van der Waals surface area contributed by atoms with E-state index in [9.17, 15) is 10.1 Å². The monoisotopic (exact) mass is 285 g/mol. The Balaban J connectivity index is 3.06. The summed E-state index contributed by atoms with van der Waals surface area (Å²) < 4.78 is 5.86. The first-order chi connectivity index (χ1) is 7.58. The Labute approximate surface area is 102 Å². The first-order valence-electron chi connectivity index (χ1n) is 4.77. The summed E-state index contributed by atoms with van der Waals surface area (Å²) in [5, 5.41) is 10.6. The molecule has 0 aliphatic rings. The van der Waals surface area contributed by atoms with Gasteiger partial charge in [-0.1, -0.05) is 13.0 Å². The lowest BCUT2D eigenvalue weighted by molar-refractivity contribution is -0.425. The van der Waals surface area contributed by atoms with Crippen molar-refractivity contribution in [2.75, 3.05) is 7.11 Å². The van der Waals surface area contributed by atoms with E-state index in [-0.39, 0.29) is 10.6 Å². The molecule has 4 nitrogen and oxygen atoms in total. The Morgan fingerprint density at radius 1 is 1.62 bits per heavy atom. The van der Waals surface area contributed by atoms with Crippen LogP contribution >= 0.6 is 15.9 Å². The highest BCUT2D eigenvalue weighted by Gasteiger charge is 2.08. The smallest absolute Gasteiger partial charge is 0.246 e. The van der Waals surface area contributed by atoms with Crippen LogP contribution in [-0.2, 0) is 0 Å². The molecule has 0 saturated heterocycles. The molecular weight excluding hydrogens is 274 g/mol. The van der Waals surface area contributed by atoms with Crippen LogP contribution in [0.4, 0.5) is 0 Å². The van der Waals surface area contributed by atoms with Crippen molar-refractivity contribution in [2.24, 2.45) is 0 Å². The minimum absolute atomic E-state index is 0.192. The molecule has 0 unspecified atom stereocenters. The lowest BCUT2D eigenvalue weighted by atomic mass is 10.1. The van der Waals surface area contributed by atoms with Crippen LogP contribution in [-0.4, -0.2) is 12.0 Å². The third kappa shape index (κ3) is 3.06. The highest BCUT2D eigenvalue weighted by Crippen LogP contribution is 2.26. The highest BCUT2D eigenvalue weighted by molar-refractivity contribution is 9.10. The molecule has 5 heteroatoms. The summed E-state index contributed by atoms with van der Waals surface area (Å²) in [6.07, 6.45) is 1.96. The van der Waals surface area contributed by atoms with Crippen LogP contribution in [0.25, 0.3) is 6.08 Å². The molecule has 1 aromatic rings. The van der Waals surface area contributed by atoms with Gasteiger partial charge in [0.25, 0.3) is 0 Å². The molecular formula is C11H12BrNO3. The molecule has 0 bridgehead atoms. The van der Waals surface area contributed by atoms with E-state index in [0.29, 0.717) is 12.2 Å². The summed E-state index contributed by atoms with van der Waals surface area (Å²) in [4.78, 5) is 10.3. The standard InChI is InChI=1S/C11H12BrNO3/c1-3-9(13(14)15)6-8-4-5-11(16-2)10(12)7-8/h4-7H,3H2,1-2H3. The number of nitrogens with zero attached hydrogens (tertiary/aromatic N) is 1. The van der Waals surface area contributed by atoms with Crippen molar-refractivity contribution in [3.8, 4) is 5.75 Å². The Kier molecular flexibility index (Phi) is 4.49. The van der Waals surface area contributed by atoms with Crippen molar-refractivity contribution in [2.45, 2.75) is 13.3 Å². The van der Waals surface area contributed by atoms with Gasteiger partial charge in [0.2, 0.25) is 5.70 Å². The number of hydrogen-bond donors (Lipinski definition) is 0. The number of rotatable bonds is 4. The van der Waals surface area contributed by atoms with Gasteiger partial charge in [-0.25, -0.2) is 0 Å². The molecule has 0 aliphatic heterocycles. The fourth-order valence-electron chi connectivity index (χ4n) is 1.25. The number of allylic oxidation sites excluding steroid dienone is 1. The molecule has 0 radical (unpaired) electrons. The van der Waals surface area contributed by atoms with Crippen LogP contribution in [0.1, 0.15) is 18.9 Å². The summed E-state index contributed by atoms with van der Waals surface area (Å²) >= 11 is 3.33. The summed E-state index contributed by atoms with van der Waals surface area (Å²) in [7, 11) is 1.57. The second-order valence-corrected chi connectivity index (χ2v) is 3.99. The van der Waals surface area contributed by atoms with Crippen LogP contribution in [0.3, 0.4) is 0 Å². The number of nitro groups is 1. The number of hydrogen-bond acceptors (Lipinski definition) is 3. The van der Waals surface area contributed by atoms with Crippen LogP contribution in [0.15, 0.2) is 28.4 Å². The van der Waals surface area contributed by atoms with Crippen molar-refractivity contribution >= 4 is 22.0 Å². The van der Waals surface area contributed by atoms with Gasteiger partial charge in [0, 0.05) is 12.5 Å². The molecule has 0 amide bonds. The Hall–Kier alpha value is -1.36. The average molecular weight is 286 g/mol. The van der Waals surface area contributed by atoms with Crippen molar-refractivity contribution in [3.63, 3.8) is 0 Å². The number of benzene rings is 1. The molecule has 0 aromatic heterocycles. The number of ether oxygens (including phenoxy) is 1. The van der Waals surface area contributed by atoms with Gasteiger partial charge < -0.3 is 4.74 Å². The van der Waals surface area contributed by atoms with Crippen LogP contribution in [0.2, 0.25) is 0 Å². The molecule has 0 heterocycles. The molecule has 0 atom stereocenters. The third-order valence-corrected chi connectivity index (χ3v) is 2.73. The third-order valence-electron chi connectivity index (χ3n) is 2.11. The second kappa shape index (κ2) is 5.65. The molecule has 1 aromatic carbocycles. The maximum absolute atomic E-state index is 10.6. The Bertz CT molecular complexity index is 429. The van der Waals surface area contributed by atoms with E-state index in [1.807, 2.05) is 0 Å². The normalized spacial score (nSPS) is 11.3. The summed E-state index contributed by atoms with van der Waals surface area (Å²) in [5.41, 5.74) is 0.971. The molecule has 16 heavy (non-hydrogen) atoms. The lowest BCUT2D eigenvalue weighted by Gasteiger charge is -2.03. The first-order valence-corrected chi connectivity index (χ1v) is 5.56. The average Bonchev–Trinajstić information content (AvgIpc) is 2.25. The van der Waals surface area contributed by atoms with E-state index < -0.39 is 0 Å². The van der Waals surface area contributed by atoms with E-state index in [1.54, 1.807) is 38.3 Å². The first kappa shape index (κ1) is 12.7. The van der Waals surface area contributed by atoms with Crippen molar-refractivity contribution in [1.29, 1.82) is 0 Å². The van der Waals surface area contributed by atoms with Crippen LogP contribution < -0.4 is 4.74 Å². The van der Waals surface area contributed by atoms with Crippen molar-refractivity contribution in [3.05, 3.63) is 44.0 Å². The minimum Gasteiger partial charge on any atom is -0.496 e. The van der Waals surface area contributed by atoms with Gasteiger partial charge in [-0.15, -0.1) is 0 Å². The maximum atomic E-state index is 10.6. The van der Waals surface area contributed by atoms with Gasteiger partial charge in [-0.3, -0.25) is 10.1 Å². The second-order valence-electron chi connectivity index (χ2n) is 3.14. The zero-order valence-electron chi connectivity index (χ0n) is 9.07. The molecule has 0 saturated carbocycles.